The van der Waals surface area contributed by atoms with Gasteiger partial charge in [-0.25, -0.2) is 0 Å². The molecule has 0 unspecified atom stereocenters. The molecule has 0 aliphatic carbocycles. The second kappa shape index (κ2) is 7.69. The number of nitrogens with one attached hydrogen (secondary N) is 1. The molecule has 22 heavy (non-hydrogen) atoms. The number of ether oxygens (including phenoxy) is 1. The van der Waals surface area contributed by atoms with Crippen LogP contribution in [0.1, 0.15) is 24.6 Å². The van der Waals surface area contributed by atoms with Crippen molar-refractivity contribution in [2.45, 2.75) is 32.7 Å². The van der Waals surface area contributed by atoms with Crippen LogP contribution in [0, 0.1) is 6.92 Å². The van der Waals surface area contributed by atoms with Gasteiger partial charge >= 0.3 is 0 Å². The van der Waals surface area contributed by atoms with Gasteiger partial charge in [-0.3, -0.25) is 4.79 Å². The Morgan fingerprint density at radius 3 is 2.82 bits per heavy atom. The van der Waals surface area contributed by atoms with Crippen LogP contribution in [0.2, 0.25) is 0 Å². The predicted molar refractivity (Wildman–Crippen MR) is 88.0 cm³/mol. The SMILES string of the molecule is Cc1cccc(OCC(=O)N[C@@H](C)CCc2cccn2C)c1. The minimum absolute atomic E-state index is 0.0535. The monoisotopic (exact) mass is 300 g/mol. The van der Waals surface area contributed by atoms with Gasteiger partial charge in [-0.1, -0.05) is 12.1 Å². The highest BCUT2D eigenvalue weighted by atomic mass is 16.5. The first kappa shape index (κ1) is 16.1. The summed E-state index contributed by atoms with van der Waals surface area (Å²) in [5.41, 5.74) is 2.39. The van der Waals surface area contributed by atoms with Crippen LogP contribution in [0.4, 0.5) is 0 Å². The van der Waals surface area contributed by atoms with Crippen molar-refractivity contribution in [3.05, 3.63) is 53.9 Å². The number of amides is 1. The topological polar surface area (TPSA) is 43.3 Å². The van der Waals surface area contributed by atoms with E-state index in [1.165, 1.54) is 5.69 Å². The smallest absolute Gasteiger partial charge is 0.258 e. The van der Waals surface area contributed by atoms with Crippen molar-refractivity contribution in [2.24, 2.45) is 7.05 Å². The third kappa shape index (κ3) is 4.95. The van der Waals surface area contributed by atoms with Gasteiger partial charge < -0.3 is 14.6 Å². The predicted octanol–water partition coefficient (Wildman–Crippen LogP) is 2.85. The molecule has 2 rings (SSSR count). The average molecular weight is 300 g/mol. The van der Waals surface area contributed by atoms with Crippen molar-refractivity contribution < 1.29 is 9.53 Å². The summed E-state index contributed by atoms with van der Waals surface area (Å²) in [6.45, 7) is 4.07. The molecule has 1 aromatic carbocycles. The Labute approximate surface area is 132 Å². The van der Waals surface area contributed by atoms with Gasteiger partial charge in [0.1, 0.15) is 5.75 Å². The number of aryl methyl sites for hydroxylation is 3. The third-order valence-corrected chi connectivity index (χ3v) is 3.65. The first-order valence-corrected chi connectivity index (χ1v) is 7.63. The summed E-state index contributed by atoms with van der Waals surface area (Å²) in [7, 11) is 2.04. The van der Waals surface area contributed by atoms with Crippen molar-refractivity contribution in [3.63, 3.8) is 0 Å². The molecule has 0 spiro atoms. The molecule has 0 fully saturated rings. The molecule has 1 N–H and O–H groups in total. The molecular weight excluding hydrogens is 276 g/mol. The number of aromatic nitrogens is 1. The average Bonchev–Trinajstić information content (AvgIpc) is 2.88. The van der Waals surface area contributed by atoms with E-state index in [1.54, 1.807) is 0 Å². The highest BCUT2D eigenvalue weighted by Gasteiger charge is 2.09. The Morgan fingerprint density at radius 2 is 2.14 bits per heavy atom. The van der Waals surface area contributed by atoms with E-state index < -0.39 is 0 Å². The van der Waals surface area contributed by atoms with E-state index in [0.717, 1.165) is 24.2 Å². The van der Waals surface area contributed by atoms with E-state index >= 15 is 0 Å². The fraction of sp³-hybridized carbons (Fsp3) is 0.389. The largest absolute Gasteiger partial charge is 0.484 e. The van der Waals surface area contributed by atoms with Crippen LogP contribution in [-0.2, 0) is 18.3 Å². The maximum absolute atomic E-state index is 11.9. The molecule has 0 saturated carbocycles. The number of carbonyl (C=O) groups excluding carboxylic acids is 1. The number of benzene rings is 1. The summed E-state index contributed by atoms with van der Waals surface area (Å²) < 4.78 is 7.61. The second-order valence-electron chi connectivity index (χ2n) is 5.72. The molecule has 1 amide bonds. The number of hydrogen-bond donors (Lipinski definition) is 1. The number of rotatable bonds is 7. The van der Waals surface area contributed by atoms with Gasteiger partial charge in [0.15, 0.2) is 6.61 Å². The lowest BCUT2D eigenvalue weighted by molar-refractivity contribution is -0.123. The quantitative estimate of drug-likeness (QED) is 0.854. The van der Waals surface area contributed by atoms with Crippen molar-refractivity contribution in [3.8, 4) is 5.75 Å². The Hall–Kier alpha value is -2.23. The van der Waals surface area contributed by atoms with Crippen molar-refractivity contribution in [1.29, 1.82) is 0 Å². The van der Waals surface area contributed by atoms with Gasteiger partial charge in [0.25, 0.3) is 5.91 Å². The molecule has 0 bridgehead atoms. The van der Waals surface area contributed by atoms with E-state index in [1.807, 2.05) is 57.4 Å². The first-order valence-electron chi connectivity index (χ1n) is 7.63. The zero-order valence-corrected chi connectivity index (χ0v) is 13.5. The van der Waals surface area contributed by atoms with Gasteiger partial charge in [0.2, 0.25) is 0 Å². The Balaban J connectivity index is 1.71. The Morgan fingerprint density at radius 1 is 1.32 bits per heavy atom. The summed E-state index contributed by atoms with van der Waals surface area (Å²) >= 11 is 0. The van der Waals surface area contributed by atoms with Crippen LogP contribution in [0.25, 0.3) is 0 Å². The molecule has 118 valence electrons. The molecule has 4 nitrogen and oxygen atoms in total. The summed E-state index contributed by atoms with van der Waals surface area (Å²) in [5, 5.41) is 2.97. The molecule has 4 heteroatoms. The fourth-order valence-corrected chi connectivity index (χ4v) is 2.36. The summed E-state index contributed by atoms with van der Waals surface area (Å²) in [6, 6.07) is 12.0. The molecule has 0 radical (unpaired) electrons. The molecular formula is C18H24N2O2. The third-order valence-electron chi connectivity index (χ3n) is 3.65. The zero-order chi connectivity index (χ0) is 15.9. The summed E-state index contributed by atoms with van der Waals surface area (Å²) in [5.74, 6) is 0.646. The number of hydrogen-bond acceptors (Lipinski definition) is 2. The Bertz CT molecular complexity index is 619. The van der Waals surface area contributed by atoms with E-state index in [4.69, 9.17) is 4.74 Å². The van der Waals surface area contributed by atoms with Gasteiger partial charge in [0, 0.05) is 25.0 Å². The lowest BCUT2D eigenvalue weighted by Gasteiger charge is -2.14. The van der Waals surface area contributed by atoms with Crippen LogP contribution in [-0.4, -0.2) is 23.1 Å². The molecule has 0 aliphatic rings. The summed E-state index contributed by atoms with van der Waals surface area (Å²) in [6.07, 6.45) is 3.89. The zero-order valence-electron chi connectivity index (χ0n) is 13.5. The van der Waals surface area contributed by atoms with E-state index in [2.05, 4.69) is 16.0 Å². The van der Waals surface area contributed by atoms with Gasteiger partial charge in [-0.2, -0.15) is 0 Å². The van der Waals surface area contributed by atoms with E-state index in [9.17, 15) is 4.79 Å². The van der Waals surface area contributed by atoms with E-state index in [0.29, 0.717) is 0 Å². The van der Waals surface area contributed by atoms with Crippen molar-refractivity contribution >= 4 is 5.91 Å². The molecule has 0 saturated heterocycles. The highest BCUT2D eigenvalue weighted by molar-refractivity contribution is 5.77. The molecule has 1 aromatic heterocycles. The minimum Gasteiger partial charge on any atom is -0.484 e. The fourth-order valence-electron chi connectivity index (χ4n) is 2.36. The molecule has 0 aliphatic heterocycles. The first-order chi connectivity index (χ1) is 10.5. The highest BCUT2D eigenvalue weighted by Crippen LogP contribution is 2.12. The lowest BCUT2D eigenvalue weighted by atomic mass is 10.1. The van der Waals surface area contributed by atoms with E-state index in [-0.39, 0.29) is 18.6 Å². The van der Waals surface area contributed by atoms with Crippen molar-refractivity contribution in [2.75, 3.05) is 6.61 Å². The van der Waals surface area contributed by atoms with Crippen LogP contribution < -0.4 is 10.1 Å². The molecule has 1 atom stereocenters. The molecule has 2 aromatic rings. The lowest BCUT2D eigenvalue weighted by Crippen LogP contribution is -2.36. The van der Waals surface area contributed by atoms with Gasteiger partial charge in [-0.15, -0.1) is 0 Å². The minimum atomic E-state index is -0.0825. The van der Waals surface area contributed by atoms with Crippen molar-refractivity contribution in [1.82, 2.24) is 9.88 Å². The maximum atomic E-state index is 11.9. The van der Waals surface area contributed by atoms with Gasteiger partial charge in [-0.05, 0) is 56.5 Å². The van der Waals surface area contributed by atoms with Gasteiger partial charge in [0.05, 0.1) is 0 Å². The maximum Gasteiger partial charge on any atom is 0.258 e. The van der Waals surface area contributed by atoms with Crippen LogP contribution >= 0.6 is 0 Å². The van der Waals surface area contributed by atoms with Crippen LogP contribution in [0.5, 0.6) is 5.75 Å². The number of carbonyl (C=O) groups is 1. The molecule has 1 heterocycles. The summed E-state index contributed by atoms with van der Waals surface area (Å²) in [4.78, 5) is 11.9. The van der Waals surface area contributed by atoms with Crippen LogP contribution in [0.3, 0.4) is 0 Å². The van der Waals surface area contributed by atoms with Crippen LogP contribution in [0.15, 0.2) is 42.6 Å². The Kier molecular flexibility index (Phi) is 5.64. The number of nitrogens with zero attached hydrogens (tertiary/aromatic N) is 1. The standard InChI is InChI=1S/C18H24N2O2/c1-14-6-4-8-17(12-14)22-13-18(21)19-15(2)9-10-16-7-5-11-20(16)3/h4-8,11-12,15H,9-10,13H2,1-3H3,(H,19,21)/t15-/m0/s1. The normalized spacial score (nSPS) is 12.0. The second-order valence-corrected chi connectivity index (χ2v) is 5.72.